The Kier molecular flexibility index (Phi) is 4.20. The van der Waals surface area contributed by atoms with Gasteiger partial charge < -0.3 is 10.1 Å². The van der Waals surface area contributed by atoms with E-state index in [1.54, 1.807) is 17.8 Å². The van der Waals surface area contributed by atoms with E-state index in [-0.39, 0.29) is 23.0 Å². The molecule has 0 unspecified atom stereocenters. The van der Waals surface area contributed by atoms with Crippen LogP contribution in [0, 0.1) is 0 Å². The quantitative estimate of drug-likeness (QED) is 0.420. The minimum absolute atomic E-state index is 0. The van der Waals surface area contributed by atoms with Crippen LogP contribution in [0.2, 0.25) is 0 Å². The summed E-state index contributed by atoms with van der Waals surface area (Å²) in [7, 11) is 0. The van der Waals surface area contributed by atoms with Crippen LogP contribution in [-0.2, 0) is 21.9 Å². The van der Waals surface area contributed by atoms with Gasteiger partial charge >= 0.3 is 5.97 Å². The van der Waals surface area contributed by atoms with E-state index in [0.717, 1.165) is 16.3 Å². The second kappa shape index (κ2) is 5.70. The zero-order valence-electron chi connectivity index (χ0n) is 10.1. The second-order valence-electron chi connectivity index (χ2n) is 3.95. The maximum Gasteiger partial charge on any atom is 0.308 e. The fourth-order valence-corrected chi connectivity index (χ4v) is 2.88. The maximum absolute atomic E-state index is 11.1. The molecule has 2 aromatic rings. The van der Waals surface area contributed by atoms with Gasteiger partial charge in [0, 0.05) is 33.8 Å². The van der Waals surface area contributed by atoms with Crippen LogP contribution in [-0.4, -0.2) is 5.97 Å². The summed E-state index contributed by atoms with van der Waals surface area (Å²) in [6.45, 7) is 1.41. The van der Waals surface area contributed by atoms with Crippen LogP contribution in [0.15, 0.2) is 52.3 Å². The fourth-order valence-electron chi connectivity index (χ4n) is 1.87. The van der Waals surface area contributed by atoms with E-state index >= 15 is 0 Å². The van der Waals surface area contributed by atoms with Crippen LogP contribution in [0.3, 0.4) is 0 Å². The van der Waals surface area contributed by atoms with Gasteiger partial charge in [-0.2, -0.15) is 0 Å². The molecular weight excluding hydrogens is 310 g/mol. The number of para-hydroxylation sites is 2. The van der Waals surface area contributed by atoms with Crippen molar-refractivity contribution < 1.29 is 26.6 Å². The zero-order chi connectivity index (χ0) is 12.5. The molecule has 1 N–H and O–H groups in total. The molecule has 3 rings (SSSR count). The Morgan fingerprint density at radius 2 is 1.84 bits per heavy atom. The number of benzene rings is 2. The Labute approximate surface area is 126 Å². The number of hydrogen-bond donors (Lipinski definition) is 1. The van der Waals surface area contributed by atoms with Gasteiger partial charge in [-0.1, -0.05) is 30.0 Å². The van der Waals surface area contributed by atoms with Gasteiger partial charge in [-0.3, -0.25) is 4.79 Å². The summed E-state index contributed by atoms with van der Waals surface area (Å²) in [5.74, 6) is 0.260. The molecule has 0 atom stereocenters. The van der Waals surface area contributed by atoms with Gasteiger partial charge in [0.25, 0.3) is 0 Å². The predicted octanol–water partition coefficient (Wildman–Crippen LogP) is 3.82. The molecule has 1 radical (unpaired) electrons. The number of ether oxygens (including phenoxy) is 1. The van der Waals surface area contributed by atoms with Crippen LogP contribution >= 0.6 is 11.8 Å². The van der Waals surface area contributed by atoms with Gasteiger partial charge in [0.2, 0.25) is 0 Å². The predicted molar refractivity (Wildman–Crippen MR) is 71.6 cm³/mol. The van der Waals surface area contributed by atoms with Gasteiger partial charge in [-0.15, -0.1) is 0 Å². The first-order valence-electron chi connectivity index (χ1n) is 5.59. The fraction of sp³-hybridized carbons (Fsp3) is 0.0714. The third kappa shape index (κ3) is 2.78. The van der Waals surface area contributed by atoms with E-state index < -0.39 is 0 Å². The van der Waals surface area contributed by atoms with Crippen molar-refractivity contribution in [3.8, 4) is 5.75 Å². The number of hydrogen-bond acceptors (Lipinski definition) is 4. The molecule has 0 bridgehead atoms. The molecule has 5 heteroatoms. The van der Waals surface area contributed by atoms with Crippen molar-refractivity contribution in [2.45, 2.75) is 16.7 Å². The summed E-state index contributed by atoms with van der Waals surface area (Å²) in [6.07, 6.45) is 0. The standard InChI is InChI=1S/C14H11NO2S.Cu/c1-9(16)17-11-6-4-8-13-14(11)15-10-5-2-3-7-12(10)18-13;/h2-8,15H,1H3;. The third-order valence-electron chi connectivity index (χ3n) is 2.61. The molecule has 2 aromatic carbocycles. The van der Waals surface area contributed by atoms with Gasteiger partial charge in [0.05, 0.1) is 11.4 Å². The molecule has 0 spiro atoms. The summed E-state index contributed by atoms with van der Waals surface area (Å²) in [5, 5.41) is 3.32. The molecule has 0 aliphatic carbocycles. The Morgan fingerprint density at radius 1 is 1.11 bits per heavy atom. The SMILES string of the molecule is CC(=O)Oc1cccc2c1Nc1ccccc1S2.[Cu]. The number of rotatable bonds is 1. The number of carbonyl (C=O) groups is 1. The van der Waals surface area contributed by atoms with Gasteiger partial charge in [-0.25, -0.2) is 0 Å². The summed E-state index contributed by atoms with van der Waals surface area (Å²) in [6, 6.07) is 13.8. The van der Waals surface area contributed by atoms with E-state index in [1.165, 1.54) is 11.8 Å². The minimum Gasteiger partial charge on any atom is -0.424 e. The topological polar surface area (TPSA) is 38.3 Å². The minimum atomic E-state index is -0.311. The van der Waals surface area contributed by atoms with Crippen LogP contribution in [0.5, 0.6) is 5.75 Å². The molecule has 0 amide bonds. The summed E-state index contributed by atoms with van der Waals surface area (Å²) in [5.41, 5.74) is 1.89. The first-order valence-corrected chi connectivity index (χ1v) is 6.41. The number of esters is 1. The Balaban J connectivity index is 0.00000133. The van der Waals surface area contributed by atoms with Gasteiger partial charge in [0.15, 0.2) is 5.75 Å². The van der Waals surface area contributed by atoms with Crippen molar-refractivity contribution in [3.63, 3.8) is 0 Å². The molecule has 1 aliphatic rings. The van der Waals surface area contributed by atoms with Crippen molar-refractivity contribution in [2.75, 3.05) is 5.32 Å². The van der Waals surface area contributed by atoms with E-state index in [4.69, 9.17) is 4.74 Å². The van der Waals surface area contributed by atoms with Crippen LogP contribution in [0.1, 0.15) is 6.92 Å². The van der Waals surface area contributed by atoms with Gasteiger partial charge in [0.1, 0.15) is 0 Å². The van der Waals surface area contributed by atoms with Gasteiger partial charge in [-0.05, 0) is 24.3 Å². The van der Waals surface area contributed by atoms with E-state index in [1.807, 2.05) is 30.3 Å². The monoisotopic (exact) mass is 320 g/mol. The molecule has 19 heavy (non-hydrogen) atoms. The second-order valence-corrected chi connectivity index (χ2v) is 5.03. The average molecular weight is 321 g/mol. The molecule has 0 saturated heterocycles. The zero-order valence-corrected chi connectivity index (χ0v) is 11.8. The molecule has 0 fully saturated rings. The smallest absolute Gasteiger partial charge is 0.308 e. The number of fused-ring (bicyclic) bond motifs is 2. The summed E-state index contributed by atoms with van der Waals surface area (Å²) >= 11 is 1.67. The van der Waals surface area contributed by atoms with E-state index in [2.05, 4.69) is 11.4 Å². The molecule has 1 heterocycles. The van der Waals surface area contributed by atoms with Crippen molar-refractivity contribution in [1.29, 1.82) is 0 Å². The molecule has 0 aromatic heterocycles. The Morgan fingerprint density at radius 3 is 2.63 bits per heavy atom. The Bertz CT molecular complexity index is 631. The number of nitrogens with one attached hydrogen (secondary N) is 1. The van der Waals surface area contributed by atoms with Crippen LogP contribution < -0.4 is 10.1 Å². The average Bonchev–Trinajstić information content (AvgIpc) is 2.36. The summed E-state index contributed by atoms with van der Waals surface area (Å²) in [4.78, 5) is 13.3. The number of carbonyl (C=O) groups excluding carboxylic acids is 1. The van der Waals surface area contributed by atoms with Crippen LogP contribution in [0.4, 0.5) is 11.4 Å². The maximum atomic E-state index is 11.1. The molecule has 101 valence electrons. The molecule has 3 nitrogen and oxygen atoms in total. The third-order valence-corrected chi connectivity index (χ3v) is 3.74. The molecule has 0 saturated carbocycles. The Hall–Kier alpha value is -1.42. The molecular formula is C14H11CuNO2S. The van der Waals surface area contributed by atoms with Crippen molar-refractivity contribution >= 4 is 29.1 Å². The van der Waals surface area contributed by atoms with Crippen molar-refractivity contribution in [1.82, 2.24) is 0 Å². The van der Waals surface area contributed by atoms with E-state index in [9.17, 15) is 4.79 Å². The van der Waals surface area contributed by atoms with Crippen LogP contribution in [0.25, 0.3) is 0 Å². The summed E-state index contributed by atoms with van der Waals surface area (Å²) < 4.78 is 5.21. The largest absolute Gasteiger partial charge is 0.424 e. The van der Waals surface area contributed by atoms with Crippen molar-refractivity contribution in [3.05, 3.63) is 42.5 Å². The van der Waals surface area contributed by atoms with Crippen molar-refractivity contribution in [2.24, 2.45) is 0 Å². The first kappa shape index (κ1) is 14.0. The van der Waals surface area contributed by atoms with E-state index in [0.29, 0.717) is 5.75 Å². The normalized spacial score (nSPS) is 11.4. The number of anilines is 2. The molecule has 1 aliphatic heterocycles. The first-order chi connectivity index (χ1) is 8.74.